The Hall–Kier alpha value is -3.45. The molecule has 0 amide bonds. The standard InChI is InChI=1S/C26H30N6O/c1-18-6-4-8-24(27-18)29-25-9-5-7-21(28-25)20-12-14-32(15-13-20)17-19-10-11-22-23(16-19)31(3)26(33)30(22)2/h4-11,16,20H,12-15,17H2,1-3H3,(H,27,28,29). The van der Waals surface area contributed by atoms with E-state index in [-0.39, 0.29) is 5.69 Å². The van der Waals surface area contributed by atoms with E-state index in [1.54, 1.807) is 9.13 Å². The Morgan fingerprint density at radius 2 is 1.61 bits per heavy atom. The van der Waals surface area contributed by atoms with Gasteiger partial charge in [0.2, 0.25) is 0 Å². The van der Waals surface area contributed by atoms with Gasteiger partial charge in [0.1, 0.15) is 11.6 Å². The highest BCUT2D eigenvalue weighted by atomic mass is 16.1. The maximum absolute atomic E-state index is 12.2. The van der Waals surface area contributed by atoms with Gasteiger partial charge in [-0.3, -0.25) is 14.0 Å². The van der Waals surface area contributed by atoms with Crippen LogP contribution in [0.2, 0.25) is 0 Å². The summed E-state index contributed by atoms with van der Waals surface area (Å²) in [6.45, 7) is 4.96. The van der Waals surface area contributed by atoms with Gasteiger partial charge in [-0.15, -0.1) is 0 Å². The lowest BCUT2D eigenvalue weighted by molar-refractivity contribution is 0.203. The lowest BCUT2D eigenvalue weighted by Crippen LogP contribution is -2.32. The highest BCUT2D eigenvalue weighted by Gasteiger charge is 2.22. The summed E-state index contributed by atoms with van der Waals surface area (Å²) in [7, 11) is 3.66. The molecule has 4 aromatic rings. The van der Waals surface area contributed by atoms with E-state index in [2.05, 4.69) is 45.5 Å². The van der Waals surface area contributed by atoms with Crippen molar-refractivity contribution in [1.82, 2.24) is 24.0 Å². The third-order valence-electron chi connectivity index (χ3n) is 6.66. The summed E-state index contributed by atoms with van der Waals surface area (Å²) in [5, 5.41) is 3.33. The summed E-state index contributed by atoms with van der Waals surface area (Å²) in [4.78, 5) is 24.1. The van der Waals surface area contributed by atoms with Crippen molar-refractivity contribution in [3.05, 3.63) is 82.0 Å². The van der Waals surface area contributed by atoms with Crippen LogP contribution in [0, 0.1) is 6.92 Å². The first-order chi connectivity index (χ1) is 16.0. The number of pyridine rings is 2. The topological polar surface area (TPSA) is 68.0 Å². The first-order valence-electron chi connectivity index (χ1n) is 11.5. The van der Waals surface area contributed by atoms with Crippen LogP contribution in [-0.4, -0.2) is 37.1 Å². The van der Waals surface area contributed by atoms with Crippen LogP contribution >= 0.6 is 0 Å². The minimum Gasteiger partial charge on any atom is -0.325 e. The Bertz CT molecular complexity index is 1350. The van der Waals surface area contributed by atoms with Crippen LogP contribution in [0.25, 0.3) is 11.0 Å². The van der Waals surface area contributed by atoms with Crippen molar-refractivity contribution in [1.29, 1.82) is 0 Å². The molecule has 0 atom stereocenters. The molecule has 0 radical (unpaired) electrons. The van der Waals surface area contributed by atoms with Crippen molar-refractivity contribution in [2.75, 3.05) is 18.4 Å². The molecule has 5 rings (SSSR count). The minimum absolute atomic E-state index is 0.0189. The normalized spacial score (nSPS) is 15.2. The van der Waals surface area contributed by atoms with Gasteiger partial charge in [0.25, 0.3) is 0 Å². The number of aromatic nitrogens is 4. The number of rotatable bonds is 5. The summed E-state index contributed by atoms with van der Waals surface area (Å²) in [6, 6.07) is 18.5. The quantitative estimate of drug-likeness (QED) is 0.504. The zero-order valence-electron chi connectivity index (χ0n) is 19.5. The van der Waals surface area contributed by atoms with Crippen molar-refractivity contribution in [3.8, 4) is 0 Å². The zero-order valence-corrected chi connectivity index (χ0v) is 19.5. The molecule has 0 spiro atoms. The van der Waals surface area contributed by atoms with Gasteiger partial charge in [-0.05, 0) is 74.8 Å². The van der Waals surface area contributed by atoms with Gasteiger partial charge in [0.15, 0.2) is 0 Å². The molecule has 1 aromatic carbocycles. The molecule has 1 fully saturated rings. The Morgan fingerprint density at radius 1 is 0.909 bits per heavy atom. The largest absolute Gasteiger partial charge is 0.328 e. The number of hydrogen-bond donors (Lipinski definition) is 1. The highest BCUT2D eigenvalue weighted by Crippen LogP contribution is 2.29. The Labute approximate surface area is 193 Å². The second-order valence-electron chi connectivity index (χ2n) is 9.01. The molecule has 1 saturated heterocycles. The van der Waals surface area contributed by atoms with Gasteiger partial charge in [0, 0.05) is 37.9 Å². The fourth-order valence-electron chi connectivity index (χ4n) is 4.79. The van der Waals surface area contributed by atoms with Gasteiger partial charge in [-0.1, -0.05) is 18.2 Å². The average Bonchev–Trinajstić information content (AvgIpc) is 3.03. The number of fused-ring (bicyclic) bond motifs is 1. The SMILES string of the molecule is Cc1cccc(Nc2cccc(C3CCN(Cc4ccc5c(c4)n(C)c(=O)n5C)CC3)n2)n1. The molecule has 3 aromatic heterocycles. The molecule has 7 heteroatoms. The van der Waals surface area contributed by atoms with E-state index in [4.69, 9.17) is 4.98 Å². The van der Waals surface area contributed by atoms with Gasteiger partial charge in [-0.25, -0.2) is 14.8 Å². The molecule has 7 nitrogen and oxygen atoms in total. The molecule has 170 valence electrons. The van der Waals surface area contributed by atoms with Gasteiger partial charge in [0.05, 0.1) is 11.0 Å². The number of anilines is 2. The molecule has 33 heavy (non-hydrogen) atoms. The number of piperidine rings is 1. The third kappa shape index (κ3) is 4.41. The monoisotopic (exact) mass is 442 g/mol. The first-order valence-corrected chi connectivity index (χ1v) is 11.5. The zero-order chi connectivity index (χ0) is 22.9. The predicted molar refractivity (Wildman–Crippen MR) is 132 cm³/mol. The Balaban J connectivity index is 1.23. The van der Waals surface area contributed by atoms with E-state index >= 15 is 0 Å². The molecular formula is C26H30N6O. The smallest absolute Gasteiger partial charge is 0.325 e. The minimum atomic E-state index is 0.0189. The Kier molecular flexibility index (Phi) is 5.72. The number of nitrogens with zero attached hydrogens (tertiary/aromatic N) is 5. The molecule has 1 N–H and O–H groups in total. The second kappa shape index (κ2) is 8.83. The lowest BCUT2D eigenvalue weighted by atomic mass is 9.92. The number of imidazole rings is 1. The van der Waals surface area contributed by atoms with E-state index in [1.807, 2.05) is 45.3 Å². The molecule has 1 aliphatic rings. The maximum atomic E-state index is 12.2. The van der Waals surface area contributed by atoms with Crippen LogP contribution in [-0.2, 0) is 20.6 Å². The fraction of sp³-hybridized carbons (Fsp3) is 0.346. The van der Waals surface area contributed by atoms with Crippen molar-refractivity contribution in [3.63, 3.8) is 0 Å². The number of hydrogen-bond acceptors (Lipinski definition) is 5. The van der Waals surface area contributed by atoms with Gasteiger partial charge < -0.3 is 5.32 Å². The number of benzene rings is 1. The number of aryl methyl sites for hydroxylation is 3. The molecular weight excluding hydrogens is 412 g/mol. The van der Waals surface area contributed by atoms with E-state index in [1.165, 1.54) is 5.56 Å². The van der Waals surface area contributed by atoms with Gasteiger partial charge in [-0.2, -0.15) is 0 Å². The summed E-state index contributed by atoms with van der Waals surface area (Å²) in [5.41, 5.74) is 5.37. The molecule has 0 bridgehead atoms. The summed E-state index contributed by atoms with van der Waals surface area (Å²) < 4.78 is 3.43. The van der Waals surface area contributed by atoms with Crippen LogP contribution < -0.4 is 11.0 Å². The maximum Gasteiger partial charge on any atom is 0.328 e. The second-order valence-corrected chi connectivity index (χ2v) is 9.01. The lowest BCUT2D eigenvalue weighted by Gasteiger charge is -2.31. The van der Waals surface area contributed by atoms with E-state index < -0.39 is 0 Å². The fourth-order valence-corrected chi connectivity index (χ4v) is 4.79. The molecule has 1 aliphatic heterocycles. The molecule has 0 saturated carbocycles. The average molecular weight is 443 g/mol. The third-order valence-corrected chi connectivity index (χ3v) is 6.66. The molecule has 4 heterocycles. The summed E-state index contributed by atoms with van der Waals surface area (Å²) in [6.07, 6.45) is 2.18. The predicted octanol–water partition coefficient (Wildman–Crippen LogP) is 4.10. The van der Waals surface area contributed by atoms with Crippen molar-refractivity contribution in [2.24, 2.45) is 14.1 Å². The molecule has 0 unspecified atom stereocenters. The Morgan fingerprint density at radius 3 is 2.36 bits per heavy atom. The first kappa shape index (κ1) is 21.4. The van der Waals surface area contributed by atoms with Crippen LogP contribution in [0.4, 0.5) is 11.6 Å². The van der Waals surface area contributed by atoms with Crippen molar-refractivity contribution in [2.45, 2.75) is 32.2 Å². The van der Waals surface area contributed by atoms with Crippen LogP contribution in [0.15, 0.2) is 59.4 Å². The van der Waals surface area contributed by atoms with E-state index in [9.17, 15) is 4.79 Å². The number of nitrogens with one attached hydrogen (secondary N) is 1. The van der Waals surface area contributed by atoms with Gasteiger partial charge >= 0.3 is 5.69 Å². The van der Waals surface area contributed by atoms with E-state index in [0.717, 1.165) is 66.5 Å². The number of likely N-dealkylation sites (tertiary alicyclic amines) is 1. The summed E-state index contributed by atoms with van der Waals surface area (Å²) in [5.74, 6) is 2.13. The van der Waals surface area contributed by atoms with Crippen molar-refractivity contribution < 1.29 is 0 Å². The summed E-state index contributed by atoms with van der Waals surface area (Å²) >= 11 is 0. The highest BCUT2D eigenvalue weighted by molar-refractivity contribution is 5.76. The van der Waals surface area contributed by atoms with E-state index in [0.29, 0.717) is 5.92 Å². The van der Waals surface area contributed by atoms with Crippen LogP contribution in [0.5, 0.6) is 0 Å². The van der Waals surface area contributed by atoms with Crippen LogP contribution in [0.3, 0.4) is 0 Å². The van der Waals surface area contributed by atoms with Crippen molar-refractivity contribution >= 4 is 22.7 Å². The van der Waals surface area contributed by atoms with Crippen LogP contribution in [0.1, 0.15) is 35.7 Å². The molecule has 0 aliphatic carbocycles.